The van der Waals surface area contributed by atoms with Crippen LogP contribution in [0.1, 0.15) is 10.4 Å². The Balaban J connectivity index is 1.87. The van der Waals surface area contributed by atoms with Gasteiger partial charge in [0, 0.05) is 10.9 Å². The number of nitro groups is 1. The van der Waals surface area contributed by atoms with Crippen LogP contribution in [0.25, 0.3) is 11.3 Å². The highest BCUT2D eigenvalue weighted by atomic mass is 32.1. The van der Waals surface area contributed by atoms with Crippen LogP contribution in [0.4, 0.5) is 28.4 Å². The van der Waals surface area contributed by atoms with Crippen LogP contribution >= 0.6 is 11.3 Å². The molecule has 0 saturated heterocycles. The second kappa shape index (κ2) is 7.11. The summed E-state index contributed by atoms with van der Waals surface area (Å²) in [6, 6.07) is 3.81. The van der Waals surface area contributed by atoms with Crippen molar-refractivity contribution in [1.82, 2.24) is 4.98 Å². The van der Waals surface area contributed by atoms with Gasteiger partial charge in [0.05, 0.1) is 16.7 Å². The van der Waals surface area contributed by atoms with Gasteiger partial charge in [-0.1, -0.05) is 0 Å². The molecule has 3 rings (SSSR count). The molecule has 0 atom stereocenters. The monoisotopic (exact) mass is 397 g/mol. The highest BCUT2D eigenvalue weighted by molar-refractivity contribution is 7.14. The zero-order valence-corrected chi connectivity index (χ0v) is 13.8. The van der Waals surface area contributed by atoms with Crippen molar-refractivity contribution < 1.29 is 27.3 Å². The fourth-order valence-electron chi connectivity index (χ4n) is 2.15. The number of thiazole rings is 1. The number of nitro benzene ring substituents is 1. The van der Waals surface area contributed by atoms with Crippen LogP contribution < -0.4 is 5.32 Å². The Morgan fingerprint density at radius 3 is 2.37 bits per heavy atom. The summed E-state index contributed by atoms with van der Waals surface area (Å²) in [7, 11) is 0. The summed E-state index contributed by atoms with van der Waals surface area (Å²) in [6.45, 7) is 0. The molecule has 11 heteroatoms. The number of rotatable bonds is 4. The topological polar surface area (TPSA) is 85.1 Å². The van der Waals surface area contributed by atoms with Crippen molar-refractivity contribution in [3.63, 3.8) is 0 Å². The number of nitrogens with zero attached hydrogens (tertiary/aromatic N) is 2. The molecule has 0 saturated carbocycles. The lowest BCUT2D eigenvalue weighted by Crippen LogP contribution is -2.14. The summed E-state index contributed by atoms with van der Waals surface area (Å²) in [6.07, 6.45) is 0. The lowest BCUT2D eigenvalue weighted by molar-refractivity contribution is -0.385. The van der Waals surface area contributed by atoms with Gasteiger partial charge >= 0.3 is 0 Å². The normalized spacial score (nSPS) is 10.7. The van der Waals surface area contributed by atoms with Crippen molar-refractivity contribution >= 4 is 28.1 Å². The van der Waals surface area contributed by atoms with Gasteiger partial charge in [-0.2, -0.15) is 0 Å². The van der Waals surface area contributed by atoms with E-state index in [1.807, 2.05) is 0 Å². The third-order valence-electron chi connectivity index (χ3n) is 3.42. The van der Waals surface area contributed by atoms with Crippen molar-refractivity contribution in [1.29, 1.82) is 0 Å². The predicted octanol–water partition coefficient (Wildman–Crippen LogP) is 4.53. The number of anilines is 1. The lowest BCUT2D eigenvalue weighted by atomic mass is 10.1. The van der Waals surface area contributed by atoms with Gasteiger partial charge in [0.25, 0.3) is 11.6 Å². The summed E-state index contributed by atoms with van der Waals surface area (Å²) in [4.78, 5) is 26.1. The summed E-state index contributed by atoms with van der Waals surface area (Å²) < 4.78 is 52.8. The molecule has 6 nitrogen and oxygen atoms in total. The first-order valence-corrected chi connectivity index (χ1v) is 8.00. The molecule has 0 radical (unpaired) electrons. The van der Waals surface area contributed by atoms with Gasteiger partial charge in [0.1, 0.15) is 5.56 Å². The molecule has 1 N–H and O–H groups in total. The van der Waals surface area contributed by atoms with Crippen LogP contribution in [0.3, 0.4) is 0 Å². The maximum absolute atomic E-state index is 13.4. The Labute approximate surface area is 152 Å². The predicted molar refractivity (Wildman–Crippen MR) is 88.4 cm³/mol. The highest BCUT2D eigenvalue weighted by Crippen LogP contribution is 2.28. The molecule has 3 aromatic rings. The van der Waals surface area contributed by atoms with Crippen molar-refractivity contribution in [2.24, 2.45) is 0 Å². The Morgan fingerprint density at radius 1 is 1.04 bits per heavy atom. The van der Waals surface area contributed by atoms with Crippen LogP contribution in [-0.2, 0) is 0 Å². The number of carbonyl (C=O) groups excluding carboxylic acids is 1. The first-order valence-electron chi connectivity index (χ1n) is 7.12. The number of benzene rings is 2. The molecule has 1 heterocycles. The Kier molecular flexibility index (Phi) is 4.86. The standard InChI is InChI=1S/C16H7F4N3O3S/c17-9-2-1-7(3-10(9)18)13-6-27-16(21-13)22-15(24)8-4-11(19)12(20)5-14(8)23(25)26/h1-6H,(H,21,22,24). The molecule has 0 aliphatic carbocycles. The van der Waals surface area contributed by atoms with Gasteiger partial charge in [-0.05, 0) is 24.3 Å². The van der Waals surface area contributed by atoms with Crippen LogP contribution in [0.5, 0.6) is 0 Å². The SMILES string of the molecule is O=C(Nc1nc(-c2ccc(F)c(F)c2)cs1)c1cc(F)c(F)cc1[N+](=O)[O-]. The third kappa shape index (κ3) is 3.77. The number of aromatic nitrogens is 1. The Hall–Kier alpha value is -3.34. The second-order valence-corrected chi connectivity index (χ2v) is 6.02. The number of hydrogen-bond donors (Lipinski definition) is 1. The average molecular weight is 397 g/mol. The molecule has 27 heavy (non-hydrogen) atoms. The minimum absolute atomic E-state index is 0.0289. The summed E-state index contributed by atoms with van der Waals surface area (Å²) in [5.41, 5.74) is -1.15. The van der Waals surface area contributed by atoms with E-state index < -0.39 is 45.4 Å². The largest absolute Gasteiger partial charge is 0.298 e. The number of carbonyl (C=O) groups is 1. The van der Waals surface area contributed by atoms with Crippen LogP contribution in [0.2, 0.25) is 0 Å². The highest BCUT2D eigenvalue weighted by Gasteiger charge is 2.24. The first kappa shape index (κ1) is 18.5. The van der Waals surface area contributed by atoms with Gasteiger partial charge in [-0.15, -0.1) is 11.3 Å². The molecule has 0 unspecified atom stereocenters. The fraction of sp³-hybridized carbons (Fsp3) is 0. The maximum Gasteiger partial charge on any atom is 0.285 e. The molecule has 138 valence electrons. The number of nitrogens with one attached hydrogen (secondary N) is 1. The van der Waals surface area contributed by atoms with Crippen LogP contribution in [0, 0.1) is 33.4 Å². The number of hydrogen-bond acceptors (Lipinski definition) is 5. The molecular formula is C16H7F4N3O3S. The van der Waals surface area contributed by atoms with E-state index >= 15 is 0 Å². The lowest BCUT2D eigenvalue weighted by Gasteiger charge is -2.04. The third-order valence-corrected chi connectivity index (χ3v) is 4.18. The van der Waals surface area contributed by atoms with Crippen molar-refractivity contribution in [2.45, 2.75) is 0 Å². The summed E-state index contributed by atoms with van der Waals surface area (Å²) in [5, 5.41) is 14.6. The Morgan fingerprint density at radius 2 is 1.70 bits per heavy atom. The van der Waals surface area contributed by atoms with E-state index in [1.54, 1.807) is 0 Å². The summed E-state index contributed by atoms with van der Waals surface area (Å²) >= 11 is 0.902. The van der Waals surface area contributed by atoms with E-state index in [4.69, 9.17) is 0 Å². The molecular weight excluding hydrogens is 390 g/mol. The van der Waals surface area contributed by atoms with Gasteiger partial charge < -0.3 is 0 Å². The zero-order valence-electron chi connectivity index (χ0n) is 13.0. The molecule has 1 aromatic heterocycles. The van der Waals surface area contributed by atoms with Crippen LogP contribution in [0.15, 0.2) is 35.7 Å². The van der Waals surface area contributed by atoms with E-state index in [-0.39, 0.29) is 16.4 Å². The van der Waals surface area contributed by atoms with Crippen molar-refractivity contribution in [3.8, 4) is 11.3 Å². The van der Waals surface area contributed by atoms with Gasteiger partial charge in [0.15, 0.2) is 28.4 Å². The maximum atomic E-state index is 13.4. The number of amides is 1. The second-order valence-electron chi connectivity index (χ2n) is 5.16. The van der Waals surface area contributed by atoms with E-state index in [2.05, 4.69) is 10.3 Å². The average Bonchev–Trinajstić information content (AvgIpc) is 3.07. The summed E-state index contributed by atoms with van der Waals surface area (Å²) in [5.74, 6) is -6.08. The Bertz CT molecular complexity index is 1070. The minimum atomic E-state index is -1.46. The molecule has 0 bridgehead atoms. The van der Waals surface area contributed by atoms with Gasteiger partial charge in [0.2, 0.25) is 0 Å². The number of halogens is 4. The molecule has 0 fully saturated rings. The quantitative estimate of drug-likeness (QED) is 0.398. The smallest absolute Gasteiger partial charge is 0.285 e. The van der Waals surface area contributed by atoms with Gasteiger partial charge in [-0.25, -0.2) is 22.5 Å². The molecule has 0 aliphatic heterocycles. The van der Waals surface area contributed by atoms with E-state index in [0.717, 1.165) is 23.5 Å². The zero-order chi connectivity index (χ0) is 19.7. The fourth-order valence-corrected chi connectivity index (χ4v) is 2.87. The minimum Gasteiger partial charge on any atom is -0.298 e. The van der Waals surface area contributed by atoms with Crippen molar-refractivity contribution in [2.75, 3.05) is 5.32 Å². The first-order chi connectivity index (χ1) is 12.8. The molecule has 1 amide bonds. The van der Waals surface area contributed by atoms with E-state index in [9.17, 15) is 32.5 Å². The molecule has 0 spiro atoms. The van der Waals surface area contributed by atoms with Crippen molar-refractivity contribution in [3.05, 3.63) is 74.7 Å². The molecule has 2 aromatic carbocycles. The molecule has 0 aliphatic rings. The van der Waals surface area contributed by atoms with Gasteiger partial charge in [-0.3, -0.25) is 20.2 Å². The van der Waals surface area contributed by atoms with E-state index in [0.29, 0.717) is 12.1 Å². The van der Waals surface area contributed by atoms with E-state index in [1.165, 1.54) is 11.4 Å². The van der Waals surface area contributed by atoms with Crippen LogP contribution in [-0.4, -0.2) is 15.8 Å².